The van der Waals surface area contributed by atoms with Crippen molar-refractivity contribution in [3.8, 4) is 0 Å². The van der Waals surface area contributed by atoms with E-state index in [0.29, 0.717) is 6.04 Å². The molecule has 0 aliphatic carbocycles. The molecule has 2 heteroatoms. The molecule has 0 aromatic heterocycles. The van der Waals surface area contributed by atoms with E-state index in [1.54, 1.807) is 0 Å². The molecule has 18 heavy (non-hydrogen) atoms. The van der Waals surface area contributed by atoms with Crippen molar-refractivity contribution in [1.82, 2.24) is 10.2 Å². The van der Waals surface area contributed by atoms with Gasteiger partial charge in [-0.3, -0.25) is 0 Å². The van der Waals surface area contributed by atoms with Gasteiger partial charge in [0.1, 0.15) is 0 Å². The van der Waals surface area contributed by atoms with Gasteiger partial charge in [0, 0.05) is 6.04 Å². The molecule has 0 heterocycles. The fourth-order valence-electron chi connectivity index (χ4n) is 2.17. The number of aryl methyl sites for hydroxylation is 1. The third-order valence-corrected chi connectivity index (χ3v) is 3.52. The van der Waals surface area contributed by atoms with Gasteiger partial charge >= 0.3 is 0 Å². The standard InChI is InChI=1S/C16H28N2/c1-5-6-12-18(4)13-11-16(17-3)15-9-7-14(2)8-10-15/h7-10,16-17H,5-6,11-13H2,1-4H3. The highest BCUT2D eigenvalue weighted by Crippen LogP contribution is 2.17. The van der Waals surface area contributed by atoms with Crippen molar-refractivity contribution < 1.29 is 0 Å². The Labute approximate surface area is 112 Å². The van der Waals surface area contributed by atoms with Crippen LogP contribution in [0, 0.1) is 6.92 Å². The minimum atomic E-state index is 0.467. The minimum Gasteiger partial charge on any atom is -0.313 e. The van der Waals surface area contributed by atoms with Crippen LogP contribution in [0.2, 0.25) is 0 Å². The second-order valence-electron chi connectivity index (χ2n) is 5.20. The first kappa shape index (κ1) is 15.2. The molecule has 0 saturated carbocycles. The van der Waals surface area contributed by atoms with E-state index in [-0.39, 0.29) is 0 Å². The van der Waals surface area contributed by atoms with E-state index in [1.165, 1.54) is 36.9 Å². The Bertz CT molecular complexity index is 318. The average molecular weight is 248 g/mol. The third-order valence-electron chi connectivity index (χ3n) is 3.52. The molecule has 1 aromatic carbocycles. The molecule has 0 spiro atoms. The lowest BCUT2D eigenvalue weighted by Gasteiger charge is -2.21. The zero-order chi connectivity index (χ0) is 13.4. The topological polar surface area (TPSA) is 15.3 Å². The first-order valence-electron chi connectivity index (χ1n) is 7.09. The summed E-state index contributed by atoms with van der Waals surface area (Å²) < 4.78 is 0. The van der Waals surface area contributed by atoms with Crippen LogP contribution in [0.5, 0.6) is 0 Å². The molecule has 2 nitrogen and oxygen atoms in total. The lowest BCUT2D eigenvalue weighted by molar-refractivity contribution is 0.306. The number of hydrogen-bond acceptors (Lipinski definition) is 2. The number of unbranched alkanes of at least 4 members (excludes halogenated alkanes) is 1. The predicted molar refractivity (Wildman–Crippen MR) is 80.0 cm³/mol. The van der Waals surface area contributed by atoms with Crippen molar-refractivity contribution in [2.45, 2.75) is 39.2 Å². The van der Waals surface area contributed by atoms with E-state index in [2.05, 4.69) is 62.4 Å². The van der Waals surface area contributed by atoms with Gasteiger partial charge in [0.15, 0.2) is 0 Å². The van der Waals surface area contributed by atoms with E-state index in [4.69, 9.17) is 0 Å². The summed E-state index contributed by atoms with van der Waals surface area (Å²) in [6.07, 6.45) is 3.74. The lowest BCUT2D eigenvalue weighted by atomic mass is 10.0. The van der Waals surface area contributed by atoms with Crippen molar-refractivity contribution in [3.63, 3.8) is 0 Å². The fourth-order valence-corrected chi connectivity index (χ4v) is 2.17. The molecular weight excluding hydrogens is 220 g/mol. The normalized spacial score (nSPS) is 12.9. The summed E-state index contributed by atoms with van der Waals surface area (Å²) in [7, 11) is 4.27. The number of nitrogens with one attached hydrogen (secondary N) is 1. The Morgan fingerprint density at radius 1 is 1.17 bits per heavy atom. The second kappa shape index (κ2) is 8.28. The summed E-state index contributed by atoms with van der Waals surface area (Å²) in [4.78, 5) is 2.43. The number of benzene rings is 1. The second-order valence-corrected chi connectivity index (χ2v) is 5.20. The zero-order valence-electron chi connectivity index (χ0n) is 12.4. The number of hydrogen-bond donors (Lipinski definition) is 1. The molecule has 0 aliphatic heterocycles. The molecule has 1 atom stereocenters. The summed E-state index contributed by atoms with van der Waals surface area (Å²) in [5, 5.41) is 3.42. The Balaban J connectivity index is 2.44. The molecular formula is C16H28N2. The Morgan fingerprint density at radius 3 is 2.39 bits per heavy atom. The molecule has 1 N–H and O–H groups in total. The van der Waals surface area contributed by atoms with Crippen molar-refractivity contribution in [2.24, 2.45) is 0 Å². The molecule has 102 valence electrons. The number of nitrogens with zero attached hydrogens (tertiary/aromatic N) is 1. The first-order valence-corrected chi connectivity index (χ1v) is 7.09. The molecule has 0 amide bonds. The molecule has 0 fully saturated rings. The molecule has 1 rings (SSSR count). The van der Waals surface area contributed by atoms with Gasteiger partial charge in [0.2, 0.25) is 0 Å². The van der Waals surface area contributed by atoms with E-state index >= 15 is 0 Å². The molecule has 0 radical (unpaired) electrons. The Hall–Kier alpha value is -0.860. The van der Waals surface area contributed by atoms with Gasteiger partial charge in [-0.25, -0.2) is 0 Å². The third kappa shape index (κ3) is 5.19. The van der Waals surface area contributed by atoms with E-state index in [0.717, 1.165) is 6.54 Å². The van der Waals surface area contributed by atoms with Crippen molar-refractivity contribution in [3.05, 3.63) is 35.4 Å². The highest BCUT2D eigenvalue weighted by molar-refractivity contribution is 5.24. The van der Waals surface area contributed by atoms with Gasteiger partial charge in [-0.15, -0.1) is 0 Å². The maximum absolute atomic E-state index is 3.42. The van der Waals surface area contributed by atoms with Crippen molar-refractivity contribution >= 4 is 0 Å². The summed E-state index contributed by atoms with van der Waals surface area (Å²) in [6, 6.07) is 9.33. The van der Waals surface area contributed by atoms with Gasteiger partial charge in [-0.05, 0) is 52.5 Å². The van der Waals surface area contributed by atoms with Crippen LogP contribution in [0.4, 0.5) is 0 Å². The Kier molecular flexibility index (Phi) is 6.99. The van der Waals surface area contributed by atoms with E-state index < -0.39 is 0 Å². The lowest BCUT2D eigenvalue weighted by Crippen LogP contribution is -2.26. The van der Waals surface area contributed by atoms with Gasteiger partial charge in [-0.2, -0.15) is 0 Å². The van der Waals surface area contributed by atoms with Crippen LogP contribution >= 0.6 is 0 Å². The van der Waals surface area contributed by atoms with Gasteiger partial charge in [0.25, 0.3) is 0 Å². The van der Waals surface area contributed by atoms with E-state index in [1.807, 2.05) is 0 Å². The highest BCUT2D eigenvalue weighted by Gasteiger charge is 2.09. The van der Waals surface area contributed by atoms with Crippen LogP contribution in [0.3, 0.4) is 0 Å². The van der Waals surface area contributed by atoms with Gasteiger partial charge < -0.3 is 10.2 Å². The fraction of sp³-hybridized carbons (Fsp3) is 0.625. The first-order chi connectivity index (χ1) is 8.67. The average Bonchev–Trinajstić information content (AvgIpc) is 2.39. The molecule has 1 unspecified atom stereocenters. The SMILES string of the molecule is CCCCN(C)CCC(NC)c1ccc(C)cc1. The Morgan fingerprint density at radius 2 is 1.83 bits per heavy atom. The van der Waals surface area contributed by atoms with Crippen molar-refractivity contribution in [1.29, 1.82) is 0 Å². The largest absolute Gasteiger partial charge is 0.313 e. The van der Waals surface area contributed by atoms with E-state index in [9.17, 15) is 0 Å². The molecule has 0 aliphatic rings. The summed E-state index contributed by atoms with van der Waals surface area (Å²) in [5.74, 6) is 0. The summed E-state index contributed by atoms with van der Waals surface area (Å²) in [5.41, 5.74) is 2.72. The maximum atomic E-state index is 3.42. The van der Waals surface area contributed by atoms with Crippen LogP contribution < -0.4 is 5.32 Å². The molecule has 0 saturated heterocycles. The summed E-state index contributed by atoms with van der Waals surface area (Å²) in [6.45, 7) is 6.74. The number of rotatable bonds is 8. The van der Waals surface area contributed by atoms with Crippen LogP contribution in [-0.4, -0.2) is 32.1 Å². The quantitative estimate of drug-likeness (QED) is 0.759. The smallest absolute Gasteiger partial charge is 0.0329 e. The van der Waals surface area contributed by atoms with Crippen LogP contribution in [0.25, 0.3) is 0 Å². The monoisotopic (exact) mass is 248 g/mol. The van der Waals surface area contributed by atoms with Gasteiger partial charge in [0.05, 0.1) is 0 Å². The maximum Gasteiger partial charge on any atom is 0.0329 e. The predicted octanol–water partition coefficient (Wildman–Crippen LogP) is 3.38. The van der Waals surface area contributed by atoms with Gasteiger partial charge in [-0.1, -0.05) is 43.2 Å². The van der Waals surface area contributed by atoms with Crippen LogP contribution in [0.15, 0.2) is 24.3 Å². The molecule has 0 bridgehead atoms. The van der Waals surface area contributed by atoms with Crippen LogP contribution in [0.1, 0.15) is 43.4 Å². The highest BCUT2D eigenvalue weighted by atomic mass is 15.1. The molecule has 1 aromatic rings. The summed E-state index contributed by atoms with van der Waals surface area (Å²) >= 11 is 0. The van der Waals surface area contributed by atoms with Crippen LogP contribution in [-0.2, 0) is 0 Å². The minimum absolute atomic E-state index is 0.467. The van der Waals surface area contributed by atoms with Crippen molar-refractivity contribution in [2.75, 3.05) is 27.2 Å². The zero-order valence-corrected chi connectivity index (χ0v) is 12.4.